The van der Waals surface area contributed by atoms with Gasteiger partial charge in [0.25, 0.3) is 0 Å². The first-order valence-corrected chi connectivity index (χ1v) is 13.0. The zero-order chi connectivity index (χ0) is 24.6. The molecule has 6 aromatic rings. The van der Waals surface area contributed by atoms with Crippen LogP contribution in [0.15, 0.2) is 143 Å². The molecule has 7 rings (SSSR count). The number of hydrogen-bond acceptors (Lipinski definition) is 4. The summed E-state index contributed by atoms with van der Waals surface area (Å²) < 4.78 is 1.94. The van der Waals surface area contributed by atoms with E-state index in [2.05, 4.69) is 89.8 Å². The summed E-state index contributed by atoms with van der Waals surface area (Å²) in [6, 6.07) is 46.0. The number of anilines is 3. The summed E-state index contributed by atoms with van der Waals surface area (Å²) in [7, 11) is 0. The van der Waals surface area contributed by atoms with Gasteiger partial charge >= 0.3 is 0 Å². The monoisotopic (exact) mass is 494 g/mol. The molecule has 1 aliphatic heterocycles. The minimum Gasteiger partial charge on any atom is -0.308 e. The van der Waals surface area contributed by atoms with Gasteiger partial charge in [-0.05, 0) is 48.5 Å². The standard InChI is InChI=1S/C32H22N4S/c1-3-11-23(12-4-1)31-33-32(24-13-5-2-6-14-24)36(34-31)26-21-19-25(20-22-26)35-27-15-7-9-17-29(27)37-30-18-10-8-16-28(30)35/h1-22H. The molecular formula is C32H22N4S. The Morgan fingerprint density at radius 2 is 1.00 bits per heavy atom. The van der Waals surface area contributed by atoms with Crippen LogP contribution >= 0.6 is 11.8 Å². The van der Waals surface area contributed by atoms with Crippen LogP contribution in [-0.2, 0) is 0 Å². The van der Waals surface area contributed by atoms with Crippen LogP contribution in [0.1, 0.15) is 0 Å². The Bertz CT molecular complexity index is 1650. The number of fused-ring (bicyclic) bond motifs is 2. The second kappa shape index (κ2) is 9.12. The molecule has 0 amide bonds. The Kier molecular flexibility index (Phi) is 5.34. The predicted molar refractivity (Wildman–Crippen MR) is 151 cm³/mol. The molecular weight excluding hydrogens is 472 g/mol. The highest BCUT2D eigenvalue weighted by Gasteiger charge is 2.24. The van der Waals surface area contributed by atoms with Crippen molar-refractivity contribution in [3.63, 3.8) is 0 Å². The van der Waals surface area contributed by atoms with Gasteiger partial charge in [-0.15, -0.1) is 5.10 Å². The van der Waals surface area contributed by atoms with Gasteiger partial charge in [0, 0.05) is 26.6 Å². The van der Waals surface area contributed by atoms with Gasteiger partial charge in [0.05, 0.1) is 17.1 Å². The van der Waals surface area contributed by atoms with Crippen LogP contribution in [0.5, 0.6) is 0 Å². The van der Waals surface area contributed by atoms with Crippen LogP contribution < -0.4 is 4.90 Å². The number of para-hydroxylation sites is 2. The lowest BCUT2D eigenvalue weighted by molar-refractivity contribution is 0.890. The van der Waals surface area contributed by atoms with Crippen molar-refractivity contribution in [2.75, 3.05) is 4.90 Å². The first-order chi connectivity index (χ1) is 18.3. The lowest BCUT2D eigenvalue weighted by atomic mass is 10.1. The van der Waals surface area contributed by atoms with Crippen LogP contribution in [0.2, 0.25) is 0 Å². The molecule has 0 atom stereocenters. The zero-order valence-corrected chi connectivity index (χ0v) is 20.7. The molecule has 4 nitrogen and oxygen atoms in total. The van der Waals surface area contributed by atoms with Gasteiger partial charge in [-0.3, -0.25) is 0 Å². The fraction of sp³-hybridized carbons (Fsp3) is 0. The van der Waals surface area contributed by atoms with E-state index in [4.69, 9.17) is 10.1 Å². The first-order valence-electron chi connectivity index (χ1n) is 12.2. The zero-order valence-electron chi connectivity index (χ0n) is 19.9. The van der Waals surface area contributed by atoms with Gasteiger partial charge in [-0.2, -0.15) is 0 Å². The molecule has 37 heavy (non-hydrogen) atoms. The van der Waals surface area contributed by atoms with E-state index in [0.717, 1.165) is 28.3 Å². The van der Waals surface area contributed by atoms with E-state index in [9.17, 15) is 0 Å². The quantitative estimate of drug-likeness (QED) is 0.245. The van der Waals surface area contributed by atoms with Crippen molar-refractivity contribution in [2.45, 2.75) is 9.79 Å². The maximum Gasteiger partial charge on any atom is 0.182 e. The molecule has 0 fully saturated rings. The highest BCUT2D eigenvalue weighted by molar-refractivity contribution is 7.99. The predicted octanol–water partition coefficient (Wildman–Crippen LogP) is 8.54. The molecule has 2 heterocycles. The molecule has 0 saturated carbocycles. The van der Waals surface area contributed by atoms with Crippen LogP contribution in [0.4, 0.5) is 17.1 Å². The Labute approximate surface area is 219 Å². The lowest BCUT2D eigenvalue weighted by Gasteiger charge is -2.32. The van der Waals surface area contributed by atoms with Crippen molar-refractivity contribution >= 4 is 28.8 Å². The van der Waals surface area contributed by atoms with Crippen molar-refractivity contribution in [3.05, 3.63) is 133 Å². The van der Waals surface area contributed by atoms with E-state index in [0.29, 0.717) is 5.82 Å². The van der Waals surface area contributed by atoms with Crippen molar-refractivity contribution in [1.82, 2.24) is 14.8 Å². The summed E-state index contributed by atoms with van der Waals surface area (Å²) in [6.45, 7) is 0. The Morgan fingerprint density at radius 1 is 0.486 bits per heavy atom. The van der Waals surface area contributed by atoms with Crippen LogP contribution in [0, 0.1) is 0 Å². The molecule has 5 heteroatoms. The van der Waals surface area contributed by atoms with Gasteiger partial charge in [0.1, 0.15) is 0 Å². The molecule has 0 saturated heterocycles. The molecule has 0 bridgehead atoms. The van der Waals surface area contributed by atoms with E-state index in [1.165, 1.54) is 21.2 Å². The molecule has 0 spiro atoms. The molecule has 176 valence electrons. The van der Waals surface area contributed by atoms with Crippen LogP contribution in [-0.4, -0.2) is 14.8 Å². The topological polar surface area (TPSA) is 34.0 Å². The summed E-state index contributed by atoms with van der Waals surface area (Å²) in [5.41, 5.74) is 6.47. The maximum atomic E-state index is 4.94. The highest BCUT2D eigenvalue weighted by atomic mass is 32.2. The fourth-order valence-corrected chi connectivity index (χ4v) is 5.76. The fourth-order valence-electron chi connectivity index (χ4n) is 4.70. The normalized spacial score (nSPS) is 12.2. The van der Waals surface area contributed by atoms with Gasteiger partial charge in [0.2, 0.25) is 0 Å². The number of aromatic nitrogens is 3. The highest BCUT2D eigenvalue weighted by Crippen LogP contribution is 2.51. The molecule has 0 aliphatic carbocycles. The van der Waals surface area contributed by atoms with Crippen LogP contribution in [0.25, 0.3) is 28.5 Å². The maximum absolute atomic E-state index is 4.94. The summed E-state index contributed by atoms with van der Waals surface area (Å²) in [5.74, 6) is 1.52. The molecule has 0 N–H and O–H groups in total. The smallest absolute Gasteiger partial charge is 0.182 e. The van der Waals surface area contributed by atoms with Crippen molar-refractivity contribution in [2.24, 2.45) is 0 Å². The molecule has 1 aromatic heterocycles. The average Bonchev–Trinajstić information content (AvgIpc) is 3.43. The van der Waals surface area contributed by atoms with Gasteiger partial charge in [-0.25, -0.2) is 9.67 Å². The van der Waals surface area contributed by atoms with Crippen molar-refractivity contribution in [1.29, 1.82) is 0 Å². The third-order valence-corrected chi connectivity index (χ3v) is 7.59. The third kappa shape index (κ3) is 3.90. The van der Waals surface area contributed by atoms with Gasteiger partial charge in [0.15, 0.2) is 11.6 Å². The van der Waals surface area contributed by atoms with E-state index < -0.39 is 0 Å². The minimum absolute atomic E-state index is 0.708. The summed E-state index contributed by atoms with van der Waals surface area (Å²) in [6.07, 6.45) is 0. The van der Waals surface area contributed by atoms with Gasteiger partial charge in [-0.1, -0.05) is 96.7 Å². The first kappa shape index (κ1) is 21.7. The van der Waals surface area contributed by atoms with E-state index in [1.54, 1.807) is 0 Å². The summed E-state index contributed by atoms with van der Waals surface area (Å²) in [5, 5.41) is 4.93. The Morgan fingerprint density at radius 3 is 1.62 bits per heavy atom. The van der Waals surface area contributed by atoms with Crippen molar-refractivity contribution < 1.29 is 0 Å². The SMILES string of the molecule is c1ccc(-c2nc(-c3ccccc3)n(-c3ccc(N4c5ccccc5Sc5ccccc54)cc3)n2)cc1. The molecule has 1 aliphatic rings. The lowest BCUT2D eigenvalue weighted by Crippen LogP contribution is -2.14. The number of hydrogen-bond donors (Lipinski definition) is 0. The van der Waals surface area contributed by atoms with E-state index in [1.807, 2.05) is 65.0 Å². The molecule has 5 aromatic carbocycles. The van der Waals surface area contributed by atoms with Gasteiger partial charge < -0.3 is 4.90 Å². The largest absolute Gasteiger partial charge is 0.308 e. The number of nitrogens with zero attached hydrogens (tertiary/aromatic N) is 4. The Hall–Kier alpha value is -4.61. The minimum atomic E-state index is 0.708. The second-order valence-corrected chi connectivity index (χ2v) is 9.88. The van der Waals surface area contributed by atoms with Crippen molar-refractivity contribution in [3.8, 4) is 28.5 Å². The molecule has 0 unspecified atom stereocenters. The Balaban J connectivity index is 1.33. The second-order valence-electron chi connectivity index (χ2n) is 8.79. The number of benzene rings is 5. The van der Waals surface area contributed by atoms with E-state index in [-0.39, 0.29) is 0 Å². The van der Waals surface area contributed by atoms with E-state index >= 15 is 0 Å². The third-order valence-electron chi connectivity index (χ3n) is 6.46. The molecule has 0 radical (unpaired) electrons. The van der Waals surface area contributed by atoms with Crippen LogP contribution in [0.3, 0.4) is 0 Å². The summed E-state index contributed by atoms with van der Waals surface area (Å²) in [4.78, 5) is 9.77. The average molecular weight is 495 g/mol. The number of rotatable bonds is 4. The summed E-state index contributed by atoms with van der Waals surface area (Å²) >= 11 is 1.82.